The molecule has 2 rings (SSSR count). The Morgan fingerprint density at radius 2 is 1.56 bits per heavy atom. The van der Waals surface area contributed by atoms with Gasteiger partial charge in [-0.15, -0.1) is 0 Å². The summed E-state index contributed by atoms with van der Waals surface area (Å²) in [4.78, 5) is 70.8. The molecule has 1 saturated heterocycles. The lowest BCUT2D eigenvalue weighted by molar-refractivity contribution is -0.149. The average molecular weight is 730 g/mol. The van der Waals surface area contributed by atoms with Gasteiger partial charge >= 0.3 is 5.97 Å². The first-order valence-corrected chi connectivity index (χ1v) is 19.1. The summed E-state index contributed by atoms with van der Waals surface area (Å²) in [5, 5.41) is 13.0. The summed E-state index contributed by atoms with van der Waals surface area (Å²) >= 11 is 0. The van der Waals surface area contributed by atoms with E-state index >= 15 is 0 Å². The highest BCUT2D eigenvalue weighted by Crippen LogP contribution is 2.31. The highest BCUT2D eigenvalue weighted by Gasteiger charge is 2.43. The minimum absolute atomic E-state index is 0.00617. The summed E-state index contributed by atoms with van der Waals surface area (Å²) < 4.78 is 11.9. The third kappa shape index (κ3) is 11.9. The molecule has 0 radical (unpaired) electrons. The van der Waals surface area contributed by atoms with Crippen LogP contribution in [-0.2, 0) is 39.9 Å². The van der Waals surface area contributed by atoms with Crippen LogP contribution in [0.4, 0.5) is 0 Å². The molecule has 294 valence electrons. The number of carbonyl (C=O) groups excluding carboxylic acids is 4. The van der Waals surface area contributed by atoms with E-state index in [1.54, 1.807) is 37.9 Å². The summed E-state index contributed by atoms with van der Waals surface area (Å²) in [5.74, 6) is -3.54. The lowest BCUT2D eigenvalue weighted by Gasteiger charge is -2.41. The van der Waals surface area contributed by atoms with Gasteiger partial charge in [-0.05, 0) is 49.6 Å². The highest BCUT2D eigenvalue weighted by atomic mass is 16.5. The van der Waals surface area contributed by atoms with Crippen molar-refractivity contribution in [3.05, 3.63) is 35.9 Å². The zero-order valence-electron chi connectivity index (χ0n) is 33.6. The molecule has 0 aliphatic carbocycles. The lowest BCUT2D eigenvalue weighted by Crippen LogP contribution is -2.54. The third-order valence-corrected chi connectivity index (χ3v) is 11.3. The van der Waals surface area contributed by atoms with Crippen molar-refractivity contribution in [3.8, 4) is 0 Å². The molecule has 1 heterocycles. The number of nitrogens with one attached hydrogen (secondary N) is 1. The Balaban J connectivity index is 2.26. The van der Waals surface area contributed by atoms with Crippen molar-refractivity contribution in [1.29, 1.82) is 0 Å². The molecule has 1 unspecified atom stereocenters. The monoisotopic (exact) mass is 729 g/mol. The molecule has 11 nitrogen and oxygen atoms in total. The molecule has 0 aromatic heterocycles. The van der Waals surface area contributed by atoms with Gasteiger partial charge in [0.2, 0.25) is 11.8 Å². The SMILES string of the molecule is CC[C@H](C)C([C@@H](CC(=O)N1CCC[C@H]1[C@H](OC)[C@@H](C)C(=O)C[C@H](Cc1ccccc1)C(=O)O)OC)N(C)C(=O)[C@H](CC(=O)[C@@H](NC)C(C)C)C(C)C. The van der Waals surface area contributed by atoms with Crippen LogP contribution < -0.4 is 5.32 Å². The van der Waals surface area contributed by atoms with E-state index < -0.39 is 42.0 Å². The number of ether oxygens (including phenoxy) is 2. The van der Waals surface area contributed by atoms with Crippen LogP contribution in [0, 0.1) is 35.5 Å². The Morgan fingerprint density at radius 1 is 0.923 bits per heavy atom. The van der Waals surface area contributed by atoms with Crippen LogP contribution in [0.2, 0.25) is 0 Å². The van der Waals surface area contributed by atoms with Crippen molar-refractivity contribution in [3.63, 3.8) is 0 Å². The number of likely N-dealkylation sites (tertiary alicyclic amines) is 1. The van der Waals surface area contributed by atoms with E-state index in [1.165, 1.54) is 7.11 Å². The van der Waals surface area contributed by atoms with Gasteiger partial charge in [-0.2, -0.15) is 0 Å². The quantitative estimate of drug-likeness (QED) is 0.154. The standard InChI is InChI=1S/C41H67N3O8/c1-12-27(6)38(43(9)40(48)31(25(2)3)23-34(46)37(42-8)26(4)5)35(51-10)24-36(47)44-20-16-19-32(44)39(52-11)28(7)33(45)22-30(41(49)50)21-29-17-14-13-15-18-29/h13-15,17-18,25-28,30-32,35,37-39,42H,12,16,19-24H2,1-11H3,(H,49,50)/t27-,28-,30-,31+,32-,35+,37-,38?,39+/m0/s1. The number of methoxy groups -OCH3 is 2. The van der Waals surface area contributed by atoms with Crippen molar-refractivity contribution >= 4 is 29.4 Å². The second-order valence-electron chi connectivity index (χ2n) is 15.5. The Labute approximate surface area is 312 Å². The topological polar surface area (TPSA) is 143 Å². The first-order valence-electron chi connectivity index (χ1n) is 19.1. The maximum Gasteiger partial charge on any atom is 0.307 e. The summed E-state index contributed by atoms with van der Waals surface area (Å²) in [5.41, 5.74) is 0.851. The second-order valence-corrected chi connectivity index (χ2v) is 15.5. The molecule has 11 heteroatoms. The van der Waals surface area contributed by atoms with Crippen LogP contribution >= 0.6 is 0 Å². The average Bonchev–Trinajstić information content (AvgIpc) is 3.59. The number of amides is 2. The van der Waals surface area contributed by atoms with Crippen molar-refractivity contribution in [2.45, 2.75) is 124 Å². The Hall–Kier alpha value is -3.15. The van der Waals surface area contributed by atoms with Crippen molar-refractivity contribution in [2.75, 3.05) is 34.9 Å². The largest absolute Gasteiger partial charge is 0.481 e. The molecule has 1 aromatic carbocycles. The number of hydrogen-bond donors (Lipinski definition) is 2. The molecule has 1 fully saturated rings. The zero-order chi connectivity index (χ0) is 39.3. The number of Topliss-reactive ketones (excluding diaryl/α,β-unsaturated/α-hetero) is 2. The van der Waals surface area contributed by atoms with E-state index in [1.807, 2.05) is 71.9 Å². The summed E-state index contributed by atoms with van der Waals surface area (Å²) in [7, 11) is 6.61. The highest BCUT2D eigenvalue weighted by molar-refractivity contribution is 5.90. The van der Waals surface area contributed by atoms with Crippen LogP contribution in [0.25, 0.3) is 0 Å². The van der Waals surface area contributed by atoms with Gasteiger partial charge in [0.05, 0.1) is 42.7 Å². The van der Waals surface area contributed by atoms with Gasteiger partial charge in [-0.3, -0.25) is 24.0 Å². The number of carboxylic acids is 1. The molecule has 2 amide bonds. The van der Waals surface area contributed by atoms with Gasteiger partial charge in [0.1, 0.15) is 5.78 Å². The summed E-state index contributed by atoms with van der Waals surface area (Å²) in [6.07, 6.45) is 1.16. The van der Waals surface area contributed by atoms with E-state index in [-0.39, 0.29) is 78.9 Å². The molecule has 0 bridgehead atoms. The first kappa shape index (κ1) is 45.0. The molecule has 1 aliphatic heterocycles. The number of ketones is 2. The van der Waals surface area contributed by atoms with Crippen molar-refractivity contribution in [2.24, 2.45) is 35.5 Å². The number of likely N-dealkylation sites (N-methyl/N-ethyl adjacent to an activating group) is 2. The zero-order valence-corrected chi connectivity index (χ0v) is 33.6. The predicted octanol–water partition coefficient (Wildman–Crippen LogP) is 5.28. The molecule has 0 saturated carbocycles. The molecular weight excluding hydrogens is 662 g/mol. The van der Waals surface area contributed by atoms with Gasteiger partial charge in [-0.25, -0.2) is 0 Å². The van der Waals surface area contributed by atoms with Gasteiger partial charge in [0, 0.05) is 52.5 Å². The minimum Gasteiger partial charge on any atom is -0.481 e. The Kier molecular flexibility index (Phi) is 18.6. The summed E-state index contributed by atoms with van der Waals surface area (Å²) in [6.45, 7) is 14.2. The number of aliphatic carboxylic acids is 1. The second kappa shape index (κ2) is 21.5. The van der Waals surface area contributed by atoms with Crippen LogP contribution in [0.5, 0.6) is 0 Å². The molecule has 52 heavy (non-hydrogen) atoms. The number of rotatable bonds is 23. The number of carbonyl (C=O) groups is 5. The molecule has 1 aliphatic rings. The third-order valence-electron chi connectivity index (χ3n) is 11.3. The number of hydrogen-bond acceptors (Lipinski definition) is 8. The molecule has 2 N–H and O–H groups in total. The first-order chi connectivity index (χ1) is 24.5. The van der Waals surface area contributed by atoms with Crippen LogP contribution in [0.3, 0.4) is 0 Å². The van der Waals surface area contributed by atoms with Crippen molar-refractivity contribution < 1.29 is 38.6 Å². The fourth-order valence-electron chi connectivity index (χ4n) is 7.99. The van der Waals surface area contributed by atoms with Crippen LogP contribution in [0.15, 0.2) is 30.3 Å². The maximum absolute atomic E-state index is 14.2. The predicted molar refractivity (Wildman–Crippen MR) is 203 cm³/mol. The van der Waals surface area contributed by atoms with E-state index in [2.05, 4.69) is 5.32 Å². The molecular formula is C41H67N3O8. The number of nitrogens with zero attached hydrogens (tertiary/aromatic N) is 2. The van der Waals surface area contributed by atoms with E-state index in [0.29, 0.717) is 13.0 Å². The van der Waals surface area contributed by atoms with Crippen molar-refractivity contribution in [1.82, 2.24) is 15.1 Å². The van der Waals surface area contributed by atoms with Gasteiger partial charge in [-0.1, -0.05) is 85.2 Å². The normalized spacial score (nSPS) is 19.4. The van der Waals surface area contributed by atoms with E-state index in [0.717, 1.165) is 18.4 Å². The lowest BCUT2D eigenvalue weighted by atomic mass is 9.84. The van der Waals surface area contributed by atoms with Gasteiger partial charge < -0.3 is 29.7 Å². The molecule has 9 atom stereocenters. The summed E-state index contributed by atoms with van der Waals surface area (Å²) in [6, 6.07) is 8.13. The minimum atomic E-state index is -1.02. The van der Waals surface area contributed by atoms with Crippen LogP contribution in [0.1, 0.15) is 92.6 Å². The van der Waals surface area contributed by atoms with E-state index in [4.69, 9.17) is 9.47 Å². The Morgan fingerprint density at radius 3 is 2.06 bits per heavy atom. The molecule has 1 aromatic rings. The smallest absolute Gasteiger partial charge is 0.307 e. The van der Waals surface area contributed by atoms with E-state index in [9.17, 15) is 29.1 Å². The number of carboxylic acid groups (broad SMARTS) is 1. The maximum atomic E-state index is 14.2. The van der Waals surface area contributed by atoms with Gasteiger partial charge in [0.25, 0.3) is 0 Å². The number of benzene rings is 1. The fraction of sp³-hybridized carbons (Fsp3) is 0.732. The Bertz CT molecular complexity index is 1300. The van der Waals surface area contributed by atoms with Crippen LogP contribution in [-0.4, -0.2) is 109 Å². The van der Waals surface area contributed by atoms with Gasteiger partial charge in [0.15, 0.2) is 5.78 Å². The fourth-order valence-corrected chi connectivity index (χ4v) is 7.99. The molecule has 0 spiro atoms.